The Balaban J connectivity index is 1.50. The van der Waals surface area contributed by atoms with Crippen molar-refractivity contribution in [2.45, 2.75) is 81.8 Å². The van der Waals surface area contributed by atoms with Crippen molar-refractivity contribution < 1.29 is 0 Å². The van der Waals surface area contributed by atoms with E-state index in [0.717, 1.165) is 29.4 Å². The van der Waals surface area contributed by atoms with Gasteiger partial charge in [0.15, 0.2) is 0 Å². The normalized spacial score (nSPS) is 41.7. The van der Waals surface area contributed by atoms with Crippen molar-refractivity contribution in [1.29, 1.82) is 0 Å². The number of thioether (sulfide) groups is 1. The van der Waals surface area contributed by atoms with Crippen molar-refractivity contribution >= 4 is 11.8 Å². The van der Waals surface area contributed by atoms with E-state index in [4.69, 9.17) is 0 Å². The Labute approximate surface area is 116 Å². The van der Waals surface area contributed by atoms with Crippen LogP contribution in [0.25, 0.3) is 0 Å². The van der Waals surface area contributed by atoms with Crippen molar-refractivity contribution in [3.8, 4) is 0 Å². The highest BCUT2D eigenvalue weighted by Gasteiger charge is 2.40. The Morgan fingerprint density at radius 1 is 1.22 bits per heavy atom. The Morgan fingerprint density at radius 3 is 2.78 bits per heavy atom. The smallest absolute Gasteiger partial charge is 0.0213 e. The summed E-state index contributed by atoms with van der Waals surface area (Å²) in [7, 11) is 0. The van der Waals surface area contributed by atoms with Crippen LogP contribution in [0.5, 0.6) is 0 Å². The van der Waals surface area contributed by atoms with E-state index in [1.54, 1.807) is 0 Å². The number of nitrogens with zero attached hydrogens (tertiary/aromatic N) is 1. The molecule has 1 saturated heterocycles. The molecule has 2 aliphatic carbocycles. The average Bonchev–Trinajstić information content (AvgIpc) is 3.00. The lowest BCUT2D eigenvalue weighted by molar-refractivity contribution is 0.254. The summed E-state index contributed by atoms with van der Waals surface area (Å²) in [5, 5.41) is 4.88. The Bertz CT molecular complexity index is 280. The third-order valence-electron chi connectivity index (χ3n) is 4.92. The summed E-state index contributed by atoms with van der Waals surface area (Å²) in [4.78, 5) is 2.76. The Hall–Kier alpha value is 0.270. The lowest BCUT2D eigenvalue weighted by Crippen LogP contribution is -2.43. The minimum Gasteiger partial charge on any atom is -0.309 e. The number of nitrogens with one attached hydrogen (secondary N) is 1. The molecule has 0 aromatic carbocycles. The standard InChI is InChI=1S/C15H28N2S/c1-3-18-15-6-4-5-14(15)16-12-9-11(2)17(10-12)13-7-8-13/h11-16H,3-10H2,1-2H3. The van der Waals surface area contributed by atoms with Crippen LogP contribution in [0.2, 0.25) is 0 Å². The van der Waals surface area contributed by atoms with E-state index in [0.29, 0.717) is 0 Å². The first-order valence-corrected chi connectivity index (χ1v) is 8.96. The molecule has 4 unspecified atom stereocenters. The van der Waals surface area contributed by atoms with Crippen molar-refractivity contribution in [3.05, 3.63) is 0 Å². The van der Waals surface area contributed by atoms with Crippen LogP contribution in [0.1, 0.15) is 52.4 Å². The molecule has 3 rings (SSSR count). The number of hydrogen-bond donors (Lipinski definition) is 1. The topological polar surface area (TPSA) is 15.3 Å². The summed E-state index contributed by atoms with van der Waals surface area (Å²) < 4.78 is 0. The van der Waals surface area contributed by atoms with Gasteiger partial charge in [-0.1, -0.05) is 13.3 Å². The predicted molar refractivity (Wildman–Crippen MR) is 80.3 cm³/mol. The van der Waals surface area contributed by atoms with Crippen LogP contribution in [0, 0.1) is 0 Å². The molecule has 3 heteroatoms. The average molecular weight is 268 g/mol. The fourth-order valence-electron chi connectivity index (χ4n) is 3.92. The van der Waals surface area contributed by atoms with Crippen LogP contribution in [-0.2, 0) is 0 Å². The van der Waals surface area contributed by atoms with E-state index >= 15 is 0 Å². The van der Waals surface area contributed by atoms with Crippen molar-refractivity contribution in [3.63, 3.8) is 0 Å². The molecule has 0 aromatic heterocycles. The van der Waals surface area contributed by atoms with Crippen LogP contribution >= 0.6 is 11.8 Å². The number of rotatable bonds is 5. The first kappa shape index (κ1) is 13.3. The molecule has 0 aromatic rings. The SMILES string of the molecule is CCSC1CCCC1NC1CC(C)N(C2CC2)C1. The molecule has 2 saturated carbocycles. The summed E-state index contributed by atoms with van der Waals surface area (Å²) in [5.74, 6) is 1.28. The minimum atomic E-state index is 0.767. The predicted octanol–water partition coefficient (Wildman–Crippen LogP) is 2.88. The third kappa shape index (κ3) is 2.88. The van der Waals surface area contributed by atoms with Gasteiger partial charge in [0.2, 0.25) is 0 Å². The van der Waals surface area contributed by atoms with Gasteiger partial charge < -0.3 is 5.32 Å². The van der Waals surface area contributed by atoms with Crippen LogP contribution in [0.3, 0.4) is 0 Å². The molecule has 3 aliphatic rings. The molecule has 1 N–H and O–H groups in total. The molecule has 0 amide bonds. The van der Waals surface area contributed by atoms with Crippen LogP contribution < -0.4 is 5.32 Å². The Kier molecular flexibility index (Phi) is 4.21. The second kappa shape index (κ2) is 5.72. The maximum atomic E-state index is 3.99. The van der Waals surface area contributed by atoms with E-state index in [1.165, 1.54) is 50.8 Å². The fraction of sp³-hybridized carbons (Fsp3) is 1.00. The minimum absolute atomic E-state index is 0.767. The monoisotopic (exact) mass is 268 g/mol. The van der Waals surface area contributed by atoms with Gasteiger partial charge in [-0.25, -0.2) is 0 Å². The second-order valence-corrected chi connectivity index (χ2v) is 7.92. The highest BCUT2D eigenvalue weighted by Crippen LogP contribution is 2.35. The first-order valence-electron chi connectivity index (χ1n) is 7.91. The maximum Gasteiger partial charge on any atom is 0.0213 e. The van der Waals surface area contributed by atoms with Gasteiger partial charge in [-0.2, -0.15) is 11.8 Å². The molecular formula is C15H28N2S. The Morgan fingerprint density at radius 2 is 2.06 bits per heavy atom. The molecule has 0 radical (unpaired) electrons. The van der Waals surface area contributed by atoms with Gasteiger partial charge in [0.1, 0.15) is 0 Å². The summed E-state index contributed by atoms with van der Waals surface area (Å²) in [6.45, 7) is 6.03. The van der Waals surface area contributed by atoms with Gasteiger partial charge in [0, 0.05) is 36.0 Å². The lowest BCUT2D eigenvalue weighted by Gasteiger charge is -2.24. The second-order valence-electron chi connectivity index (χ2n) is 6.41. The van der Waals surface area contributed by atoms with E-state index < -0.39 is 0 Å². The van der Waals surface area contributed by atoms with Gasteiger partial charge in [-0.05, 0) is 44.8 Å². The summed E-state index contributed by atoms with van der Waals surface area (Å²) in [6.07, 6.45) is 8.56. The van der Waals surface area contributed by atoms with E-state index in [-0.39, 0.29) is 0 Å². The van der Waals surface area contributed by atoms with Gasteiger partial charge in [-0.15, -0.1) is 0 Å². The molecule has 0 spiro atoms. The summed E-state index contributed by atoms with van der Waals surface area (Å²) in [5.41, 5.74) is 0. The molecule has 0 bridgehead atoms. The zero-order valence-corrected chi connectivity index (χ0v) is 12.7. The van der Waals surface area contributed by atoms with Crippen molar-refractivity contribution in [1.82, 2.24) is 10.2 Å². The molecule has 18 heavy (non-hydrogen) atoms. The summed E-state index contributed by atoms with van der Waals surface area (Å²) in [6, 6.07) is 3.32. The number of likely N-dealkylation sites (tertiary alicyclic amines) is 1. The zero-order chi connectivity index (χ0) is 12.5. The van der Waals surface area contributed by atoms with Gasteiger partial charge >= 0.3 is 0 Å². The van der Waals surface area contributed by atoms with Gasteiger partial charge in [0.05, 0.1) is 0 Å². The molecular weight excluding hydrogens is 240 g/mol. The van der Waals surface area contributed by atoms with Crippen LogP contribution in [-0.4, -0.2) is 46.6 Å². The zero-order valence-electron chi connectivity index (χ0n) is 11.9. The molecule has 104 valence electrons. The third-order valence-corrected chi connectivity index (χ3v) is 6.25. The van der Waals surface area contributed by atoms with Gasteiger partial charge in [-0.3, -0.25) is 4.90 Å². The van der Waals surface area contributed by atoms with E-state index in [1.807, 2.05) is 0 Å². The summed E-state index contributed by atoms with van der Waals surface area (Å²) >= 11 is 2.17. The van der Waals surface area contributed by atoms with Gasteiger partial charge in [0.25, 0.3) is 0 Å². The van der Waals surface area contributed by atoms with E-state index in [2.05, 4.69) is 35.8 Å². The quantitative estimate of drug-likeness (QED) is 0.825. The lowest BCUT2D eigenvalue weighted by atomic mass is 10.1. The van der Waals surface area contributed by atoms with Crippen LogP contribution in [0.4, 0.5) is 0 Å². The molecule has 3 fully saturated rings. The van der Waals surface area contributed by atoms with Crippen molar-refractivity contribution in [2.75, 3.05) is 12.3 Å². The highest BCUT2D eigenvalue weighted by molar-refractivity contribution is 7.99. The van der Waals surface area contributed by atoms with Crippen LogP contribution in [0.15, 0.2) is 0 Å². The number of hydrogen-bond acceptors (Lipinski definition) is 3. The van der Waals surface area contributed by atoms with Crippen molar-refractivity contribution in [2.24, 2.45) is 0 Å². The van der Waals surface area contributed by atoms with E-state index in [9.17, 15) is 0 Å². The fourth-order valence-corrected chi connectivity index (χ4v) is 5.13. The largest absolute Gasteiger partial charge is 0.309 e. The molecule has 1 heterocycles. The maximum absolute atomic E-state index is 3.99. The molecule has 1 aliphatic heterocycles. The highest BCUT2D eigenvalue weighted by atomic mass is 32.2. The molecule has 2 nitrogen and oxygen atoms in total. The first-order chi connectivity index (χ1) is 8.78. The molecule has 4 atom stereocenters.